The zero-order valence-electron chi connectivity index (χ0n) is 18.1. The van der Waals surface area contributed by atoms with E-state index >= 15 is 0 Å². The summed E-state index contributed by atoms with van der Waals surface area (Å²) in [5.41, 5.74) is 6.95. The van der Waals surface area contributed by atoms with Crippen LogP contribution in [0.5, 0.6) is 0 Å². The summed E-state index contributed by atoms with van der Waals surface area (Å²) in [5.74, 6) is 1.83. The molecule has 3 aromatic carbocycles. The van der Waals surface area contributed by atoms with Gasteiger partial charge in [0.1, 0.15) is 17.7 Å². The SMILES string of the molecule is CC(C)c1cccc(C(C)C)c1-c1nc2c3ccccc3c3cncnc3c2n1C. The second-order valence-electron chi connectivity index (χ2n) is 8.64. The van der Waals surface area contributed by atoms with E-state index in [0.717, 1.165) is 38.5 Å². The van der Waals surface area contributed by atoms with Crippen LogP contribution >= 0.6 is 0 Å². The van der Waals surface area contributed by atoms with Crippen molar-refractivity contribution in [3.8, 4) is 11.4 Å². The van der Waals surface area contributed by atoms with E-state index in [9.17, 15) is 0 Å². The molecule has 0 saturated heterocycles. The van der Waals surface area contributed by atoms with Crippen LogP contribution in [0.2, 0.25) is 0 Å². The molecule has 0 amide bonds. The third-order valence-corrected chi connectivity index (χ3v) is 6.10. The number of hydrogen-bond acceptors (Lipinski definition) is 3. The Balaban J connectivity index is 1.99. The summed E-state index contributed by atoms with van der Waals surface area (Å²) in [7, 11) is 2.11. The van der Waals surface area contributed by atoms with Crippen molar-refractivity contribution < 1.29 is 0 Å². The van der Waals surface area contributed by atoms with Gasteiger partial charge in [0.2, 0.25) is 0 Å². The first-order chi connectivity index (χ1) is 14.5. The van der Waals surface area contributed by atoms with E-state index < -0.39 is 0 Å². The van der Waals surface area contributed by atoms with Crippen molar-refractivity contribution in [2.24, 2.45) is 7.05 Å². The maximum absolute atomic E-state index is 5.25. The molecule has 150 valence electrons. The Morgan fingerprint density at radius 2 is 1.43 bits per heavy atom. The second kappa shape index (κ2) is 6.91. The van der Waals surface area contributed by atoms with Crippen molar-refractivity contribution in [2.75, 3.05) is 0 Å². The lowest BCUT2D eigenvalue weighted by Gasteiger charge is -2.19. The van der Waals surface area contributed by atoms with Gasteiger partial charge in [0.15, 0.2) is 0 Å². The number of rotatable bonds is 3. The number of imidazole rings is 1. The van der Waals surface area contributed by atoms with Gasteiger partial charge in [-0.15, -0.1) is 0 Å². The van der Waals surface area contributed by atoms with Gasteiger partial charge in [-0.25, -0.2) is 15.0 Å². The first-order valence-electron chi connectivity index (χ1n) is 10.6. The van der Waals surface area contributed by atoms with Crippen molar-refractivity contribution >= 4 is 32.7 Å². The zero-order valence-corrected chi connectivity index (χ0v) is 18.1. The van der Waals surface area contributed by atoms with Gasteiger partial charge < -0.3 is 4.57 Å². The minimum absolute atomic E-state index is 0.411. The minimum Gasteiger partial charge on any atom is -0.325 e. The van der Waals surface area contributed by atoms with Crippen LogP contribution in [0.4, 0.5) is 0 Å². The molecule has 2 heterocycles. The summed E-state index contributed by atoms with van der Waals surface area (Å²) in [6.45, 7) is 9.01. The van der Waals surface area contributed by atoms with Crippen molar-refractivity contribution in [1.29, 1.82) is 0 Å². The van der Waals surface area contributed by atoms with Crippen LogP contribution in [0.3, 0.4) is 0 Å². The molecule has 0 radical (unpaired) electrons. The van der Waals surface area contributed by atoms with E-state index in [1.54, 1.807) is 6.33 Å². The van der Waals surface area contributed by atoms with Gasteiger partial charge >= 0.3 is 0 Å². The van der Waals surface area contributed by atoms with Gasteiger partial charge in [-0.2, -0.15) is 0 Å². The molecule has 4 heteroatoms. The van der Waals surface area contributed by atoms with Crippen LogP contribution < -0.4 is 0 Å². The summed E-state index contributed by atoms with van der Waals surface area (Å²) < 4.78 is 2.23. The van der Waals surface area contributed by atoms with Gasteiger partial charge in [-0.05, 0) is 28.3 Å². The van der Waals surface area contributed by atoms with Crippen LogP contribution in [-0.4, -0.2) is 19.5 Å². The summed E-state index contributed by atoms with van der Waals surface area (Å²) in [4.78, 5) is 14.2. The van der Waals surface area contributed by atoms with Crippen molar-refractivity contribution in [1.82, 2.24) is 19.5 Å². The highest BCUT2D eigenvalue weighted by Crippen LogP contribution is 2.40. The van der Waals surface area contributed by atoms with Crippen LogP contribution in [-0.2, 0) is 7.05 Å². The van der Waals surface area contributed by atoms with Crippen LogP contribution in [0.25, 0.3) is 44.1 Å². The van der Waals surface area contributed by atoms with E-state index in [0.29, 0.717) is 11.8 Å². The van der Waals surface area contributed by atoms with Gasteiger partial charge in [0.05, 0.1) is 11.0 Å². The molecule has 0 aliphatic rings. The lowest BCUT2D eigenvalue weighted by Crippen LogP contribution is -2.04. The third kappa shape index (κ3) is 2.63. The normalized spacial score (nSPS) is 12.1. The predicted molar refractivity (Wildman–Crippen MR) is 125 cm³/mol. The molecule has 0 bridgehead atoms. The van der Waals surface area contributed by atoms with Crippen molar-refractivity contribution in [3.63, 3.8) is 0 Å². The molecule has 0 saturated carbocycles. The molecule has 4 nitrogen and oxygen atoms in total. The summed E-state index contributed by atoms with van der Waals surface area (Å²) in [5, 5.41) is 3.35. The molecule has 2 aromatic heterocycles. The number of aromatic nitrogens is 4. The van der Waals surface area contributed by atoms with E-state index in [1.807, 2.05) is 6.20 Å². The van der Waals surface area contributed by atoms with Gasteiger partial charge in [0, 0.05) is 29.6 Å². The molecule has 0 spiro atoms. The maximum atomic E-state index is 5.25. The molecule has 0 unspecified atom stereocenters. The monoisotopic (exact) mass is 394 g/mol. The third-order valence-electron chi connectivity index (χ3n) is 6.10. The fraction of sp³-hybridized carbons (Fsp3) is 0.269. The molecular weight excluding hydrogens is 368 g/mol. The quantitative estimate of drug-likeness (QED) is 0.324. The van der Waals surface area contributed by atoms with Crippen molar-refractivity contribution in [3.05, 3.63) is 66.1 Å². The first-order valence-corrected chi connectivity index (χ1v) is 10.6. The summed E-state index contributed by atoms with van der Waals surface area (Å²) in [6, 6.07) is 15.1. The Hall–Kier alpha value is -3.27. The highest BCUT2D eigenvalue weighted by molar-refractivity contribution is 6.22. The van der Waals surface area contributed by atoms with Crippen LogP contribution in [0.15, 0.2) is 55.0 Å². The smallest absolute Gasteiger partial charge is 0.141 e. The molecule has 0 atom stereocenters. The number of aryl methyl sites for hydroxylation is 1. The van der Waals surface area contributed by atoms with Crippen molar-refractivity contribution in [2.45, 2.75) is 39.5 Å². The van der Waals surface area contributed by atoms with E-state index in [1.165, 1.54) is 16.7 Å². The molecule has 0 fully saturated rings. The Labute approximate surface area is 176 Å². The maximum Gasteiger partial charge on any atom is 0.141 e. The summed E-state index contributed by atoms with van der Waals surface area (Å²) in [6.07, 6.45) is 3.54. The fourth-order valence-electron chi connectivity index (χ4n) is 4.63. The van der Waals surface area contributed by atoms with Gasteiger partial charge in [-0.1, -0.05) is 70.2 Å². The standard InChI is InChI=1S/C26H26N4/c1-15(2)17-11-8-12-18(16(3)4)22(17)26-29-24-20-10-7-6-9-19(20)21-13-27-14-28-23(21)25(24)30(26)5/h6-16H,1-5H3. The minimum atomic E-state index is 0.411. The second-order valence-corrected chi connectivity index (χ2v) is 8.64. The highest BCUT2D eigenvalue weighted by Gasteiger charge is 2.23. The average molecular weight is 395 g/mol. The number of hydrogen-bond donors (Lipinski definition) is 0. The Morgan fingerprint density at radius 1 is 0.767 bits per heavy atom. The van der Waals surface area contributed by atoms with E-state index in [-0.39, 0.29) is 0 Å². The topological polar surface area (TPSA) is 43.6 Å². The number of benzene rings is 3. The lowest BCUT2D eigenvalue weighted by atomic mass is 9.88. The number of fused-ring (bicyclic) bond motifs is 6. The highest BCUT2D eigenvalue weighted by atomic mass is 15.1. The zero-order chi connectivity index (χ0) is 21.0. The van der Waals surface area contributed by atoms with E-state index in [4.69, 9.17) is 4.98 Å². The van der Waals surface area contributed by atoms with Crippen LogP contribution in [0.1, 0.15) is 50.7 Å². The molecule has 30 heavy (non-hydrogen) atoms. The molecule has 5 rings (SSSR count). The van der Waals surface area contributed by atoms with E-state index in [2.05, 4.69) is 91.7 Å². The Kier molecular flexibility index (Phi) is 4.31. The molecule has 5 aromatic rings. The molecule has 0 aliphatic heterocycles. The molecular formula is C26H26N4. The molecule has 0 aliphatic carbocycles. The first kappa shape index (κ1) is 18.7. The largest absolute Gasteiger partial charge is 0.325 e. The predicted octanol–water partition coefficient (Wildman–Crippen LogP) is 6.58. The van der Waals surface area contributed by atoms with Gasteiger partial charge in [-0.3, -0.25) is 0 Å². The van der Waals surface area contributed by atoms with Gasteiger partial charge in [0.25, 0.3) is 0 Å². The van der Waals surface area contributed by atoms with Crippen LogP contribution in [0, 0.1) is 0 Å². The lowest BCUT2D eigenvalue weighted by molar-refractivity contribution is 0.828. The average Bonchev–Trinajstić information content (AvgIpc) is 3.10. The fourth-order valence-corrected chi connectivity index (χ4v) is 4.63. The number of nitrogens with zero attached hydrogens (tertiary/aromatic N) is 4. The Morgan fingerprint density at radius 3 is 2.10 bits per heavy atom. The summed E-state index contributed by atoms with van der Waals surface area (Å²) >= 11 is 0. The molecule has 0 N–H and O–H groups in total. The Bertz CT molecular complexity index is 1380.